The van der Waals surface area contributed by atoms with E-state index in [-0.39, 0.29) is 22.5 Å². The predicted octanol–water partition coefficient (Wildman–Crippen LogP) is 3.24. The fourth-order valence-corrected chi connectivity index (χ4v) is 4.82. The van der Waals surface area contributed by atoms with Crippen LogP contribution in [0.5, 0.6) is 0 Å². The summed E-state index contributed by atoms with van der Waals surface area (Å²) in [6.45, 7) is 3.95. The number of piperidine rings is 1. The number of ketones is 1. The van der Waals surface area contributed by atoms with Gasteiger partial charge in [0.05, 0.1) is 10.6 Å². The average Bonchev–Trinajstić information content (AvgIpc) is 2.68. The summed E-state index contributed by atoms with van der Waals surface area (Å²) in [5, 5.41) is 2.83. The number of hydrogen-bond acceptors (Lipinski definition) is 4. The van der Waals surface area contributed by atoms with Gasteiger partial charge in [0, 0.05) is 24.6 Å². The van der Waals surface area contributed by atoms with Crippen molar-refractivity contribution in [1.82, 2.24) is 4.31 Å². The Bertz CT molecular complexity index is 976. The van der Waals surface area contributed by atoms with Crippen molar-refractivity contribution in [2.75, 3.05) is 18.4 Å². The van der Waals surface area contributed by atoms with E-state index < -0.39 is 10.0 Å². The number of benzene rings is 2. The Morgan fingerprint density at radius 2 is 1.61 bits per heavy atom. The molecule has 0 aliphatic carbocycles. The van der Waals surface area contributed by atoms with Crippen molar-refractivity contribution in [1.29, 1.82) is 0 Å². The van der Waals surface area contributed by atoms with Crippen molar-refractivity contribution in [2.24, 2.45) is 5.92 Å². The molecule has 1 N–H and O–H groups in total. The number of para-hydroxylation sites is 1. The minimum atomic E-state index is -3.55. The summed E-state index contributed by atoms with van der Waals surface area (Å²) >= 11 is 0. The summed E-state index contributed by atoms with van der Waals surface area (Å²) in [6.07, 6.45) is 0.887. The average molecular weight is 401 g/mol. The second-order valence-electron chi connectivity index (χ2n) is 7.08. The molecule has 0 saturated carbocycles. The first-order chi connectivity index (χ1) is 13.3. The van der Waals surface area contributed by atoms with E-state index in [2.05, 4.69) is 5.32 Å². The van der Waals surface area contributed by atoms with Crippen LogP contribution in [0.15, 0.2) is 53.4 Å². The van der Waals surface area contributed by atoms with Crippen LogP contribution in [0.2, 0.25) is 0 Å². The number of nitrogens with one attached hydrogen (secondary N) is 1. The van der Waals surface area contributed by atoms with Crippen molar-refractivity contribution in [2.45, 2.75) is 31.6 Å². The number of carbonyl (C=O) groups excluding carboxylic acids is 2. The Balaban J connectivity index is 1.64. The Morgan fingerprint density at radius 3 is 2.21 bits per heavy atom. The molecule has 1 saturated heterocycles. The van der Waals surface area contributed by atoms with Crippen LogP contribution in [0.25, 0.3) is 0 Å². The van der Waals surface area contributed by atoms with Crippen LogP contribution in [0.1, 0.15) is 35.7 Å². The second-order valence-corrected chi connectivity index (χ2v) is 9.02. The molecule has 3 rings (SSSR count). The lowest BCUT2D eigenvalue weighted by molar-refractivity contribution is -0.120. The first-order valence-electron chi connectivity index (χ1n) is 9.26. The van der Waals surface area contributed by atoms with Crippen LogP contribution in [-0.4, -0.2) is 37.5 Å². The number of hydrogen-bond donors (Lipinski definition) is 1. The molecule has 2 aromatic carbocycles. The third-order valence-corrected chi connectivity index (χ3v) is 6.96. The van der Waals surface area contributed by atoms with Gasteiger partial charge in [0.1, 0.15) is 0 Å². The van der Waals surface area contributed by atoms with Crippen molar-refractivity contribution in [3.05, 3.63) is 59.7 Å². The molecule has 28 heavy (non-hydrogen) atoms. The second kappa shape index (κ2) is 8.24. The maximum Gasteiger partial charge on any atom is 0.243 e. The quantitative estimate of drug-likeness (QED) is 0.781. The molecule has 1 aliphatic heterocycles. The fraction of sp³-hybridized carbons (Fsp3) is 0.333. The van der Waals surface area contributed by atoms with E-state index in [1.807, 2.05) is 6.92 Å². The van der Waals surface area contributed by atoms with E-state index in [0.29, 0.717) is 37.2 Å². The molecule has 1 fully saturated rings. The molecule has 0 bridgehead atoms. The van der Waals surface area contributed by atoms with E-state index in [0.717, 1.165) is 5.56 Å². The lowest BCUT2D eigenvalue weighted by Crippen LogP contribution is -2.41. The Labute approximate surface area is 165 Å². The van der Waals surface area contributed by atoms with Crippen molar-refractivity contribution >= 4 is 27.4 Å². The number of anilines is 1. The number of aryl methyl sites for hydroxylation is 1. The molecule has 0 atom stereocenters. The Morgan fingerprint density at radius 1 is 1.00 bits per heavy atom. The molecule has 0 unspecified atom stereocenters. The highest BCUT2D eigenvalue weighted by Gasteiger charge is 2.32. The highest BCUT2D eigenvalue weighted by molar-refractivity contribution is 7.89. The first kappa shape index (κ1) is 20.2. The molecule has 7 heteroatoms. The highest BCUT2D eigenvalue weighted by Crippen LogP contribution is 2.26. The van der Waals surface area contributed by atoms with E-state index in [4.69, 9.17) is 0 Å². The number of sulfonamides is 1. The van der Waals surface area contributed by atoms with Gasteiger partial charge in [-0.15, -0.1) is 0 Å². The lowest BCUT2D eigenvalue weighted by atomic mass is 9.97. The molecule has 1 heterocycles. The molecule has 1 aliphatic rings. The van der Waals surface area contributed by atoms with Crippen LogP contribution < -0.4 is 5.32 Å². The fourth-order valence-electron chi connectivity index (χ4n) is 3.35. The van der Waals surface area contributed by atoms with Gasteiger partial charge in [0.2, 0.25) is 15.9 Å². The van der Waals surface area contributed by atoms with Gasteiger partial charge in [-0.25, -0.2) is 8.42 Å². The maximum absolute atomic E-state index is 12.8. The van der Waals surface area contributed by atoms with Gasteiger partial charge in [0.25, 0.3) is 0 Å². The Kier molecular flexibility index (Phi) is 5.96. The molecule has 6 nitrogen and oxygen atoms in total. The summed E-state index contributed by atoms with van der Waals surface area (Å²) in [4.78, 5) is 24.6. The zero-order valence-corrected chi connectivity index (χ0v) is 16.8. The molecule has 0 aromatic heterocycles. The molecular weight excluding hydrogens is 376 g/mol. The third kappa shape index (κ3) is 4.31. The van der Waals surface area contributed by atoms with E-state index in [1.165, 1.54) is 11.2 Å². The normalized spacial score (nSPS) is 15.9. The maximum atomic E-state index is 12.8. The topological polar surface area (TPSA) is 83.6 Å². The number of rotatable bonds is 5. The minimum absolute atomic E-state index is 0.116. The van der Waals surface area contributed by atoms with Crippen molar-refractivity contribution in [3.8, 4) is 0 Å². The summed E-state index contributed by atoms with van der Waals surface area (Å²) < 4.78 is 27.0. The van der Waals surface area contributed by atoms with Gasteiger partial charge in [0.15, 0.2) is 5.78 Å². The predicted molar refractivity (Wildman–Crippen MR) is 108 cm³/mol. The van der Waals surface area contributed by atoms with E-state index in [9.17, 15) is 18.0 Å². The first-order valence-corrected chi connectivity index (χ1v) is 10.7. The molecule has 0 radical (unpaired) electrons. The largest absolute Gasteiger partial charge is 0.325 e. The number of carbonyl (C=O) groups is 2. The molecular formula is C21H24N2O4S. The van der Waals surface area contributed by atoms with Crippen LogP contribution in [-0.2, 0) is 14.8 Å². The van der Waals surface area contributed by atoms with Crippen LogP contribution in [0.4, 0.5) is 5.69 Å². The van der Waals surface area contributed by atoms with Crippen LogP contribution in [0.3, 0.4) is 0 Å². The van der Waals surface area contributed by atoms with Gasteiger partial charge in [-0.3, -0.25) is 9.59 Å². The standard InChI is InChI=1S/C21H24N2O4S/c1-15-7-9-18(10-8-15)28(26,27)23-13-11-17(12-14-23)21(25)22-20-6-4-3-5-19(20)16(2)24/h3-10,17H,11-14H2,1-2H3,(H,22,25). The molecule has 148 valence electrons. The van der Waals surface area contributed by atoms with Gasteiger partial charge in [-0.2, -0.15) is 4.31 Å². The Hall–Kier alpha value is -2.51. The molecule has 0 spiro atoms. The summed E-state index contributed by atoms with van der Waals surface area (Å²) in [7, 11) is -3.55. The van der Waals surface area contributed by atoms with Crippen molar-refractivity contribution in [3.63, 3.8) is 0 Å². The van der Waals surface area contributed by atoms with Crippen molar-refractivity contribution < 1.29 is 18.0 Å². The lowest BCUT2D eigenvalue weighted by Gasteiger charge is -2.30. The van der Waals surface area contributed by atoms with Gasteiger partial charge >= 0.3 is 0 Å². The monoisotopic (exact) mass is 400 g/mol. The zero-order valence-electron chi connectivity index (χ0n) is 16.0. The van der Waals surface area contributed by atoms with E-state index >= 15 is 0 Å². The smallest absolute Gasteiger partial charge is 0.243 e. The zero-order chi connectivity index (χ0) is 20.3. The third-order valence-electron chi connectivity index (χ3n) is 5.05. The number of Topliss-reactive ketones (excluding diaryl/α,β-unsaturated/α-hetero) is 1. The SMILES string of the molecule is CC(=O)c1ccccc1NC(=O)C1CCN(S(=O)(=O)c2ccc(C)cc2)CC1. The highest BCUT2D eigenvalue weighted by atomic mass is 32.2. The number of amides is 1. The molecule has 2 aromatic rings. The van der Waals surface area contributed by atoms with Gasteiger partial charge in [-0.05, 0) is 51.0 Å². The number of nitrogens with zero attached hydrogens (tertiary/aromatic N) is 1. The van der Waals surface area contributed by atoms with Crippen LogP contribution in [0, 0.1) is 12.8 Å². The van der Waals surface area contributed by atoms with Gasteiger partial charge < -0.3 is 5.32 Å². The van der Waals surface area contributed by atoms with Crippen LogP contribution >= 0.6 is 0 Å². The minimum Gasteiger partial charge on any atom is -0.325 e. The molecule has 1 amide bonds. The summed E-state index contributed by atoms with van der Waals surface area (Å²) in [6, 6.07) is 13.7. The van der Waals surface area contributed by atoms with Gasteiger partial charge in [-0.1, -0.05) is 29.8 Å². The summed E-state index contributed by atoms with van der Waals surface area (Å²) in [5.41, 5.74) is 1.96. The van der Waals surface area contributed by atoms with E-state index in [1.54, 1.807) is 48.5 Å². The summed E-state index contributed by atoms with van der Waals surface area (Å²) in [5.74, 6) is -0.583.